The Kier molecular flexibility index (Phi) is 6.36. The molecule has 0 bridgehead atoms. The van der Waals surface area contributed by atoms with Gasteiger partial charge in [-0.05, 0) is 20.8 Å². The second-order valence-electron chi connectivity index (χ2n) is 3.73. The Bertz CT molecular complexity index is 457. The third kappa shape index (κ3) is 4.46. The lowest BCUT2D eigenvalue weighted by Gasteiger charge is -2.15. The first-order valence-corrected chi connectivity index (χ1v) is 6.50. The van der Waals surface area contributed by atoms with Gasteiger partial charge >= 0.3 is 0 Å². The van der Waals surface area contributed by atoms with Gasteiger partial charge in [0.15, 0.2) is 0 Å². The van der Waals surface area contributed by atoms with Gasteiger partial charge in [0.1, 0.15) is 17.2 Å². The molecule has 6 nitrogen and oxygen atoms in total. The SMILES string of the molecule is CCOc1cc(OCC)c(C=C[N+](=O)[O-])c(OCC)c1. The number of nitro groups is 1. The Hall–Kier alpha value is -2.24. The second kappa shape index (κ2) is 8.04. The predicted octanol–water partition coefficient (Wildman–Crippen LogP) is 3.13. The van der Waals surface area contributed by atoms with E-state index in [1.807, 2.05) is 20.8 Å². The third-order valence-corrected chi connectivity index (χ3v) is 2.35. The van der Waals surface area contributed by atoms with Gasteiger partial charge in [0.25, 0.3) is 0 Å². The lowest BCUT2D eigenvalue weighted by molar-refractivity contribution is -0.400. The molecule has 0 unspecified atom stereocenters. The number of ether oxygens (including phenoxy) is 3. The van der Waals surface area contributed by atoms with Crippen LogP contribution in [0.25, 0.3) is 6.08 Å². The van der Waals surface area contributed by atoms with Crippen molar-refractivity contribution < 1.29 is 19.1 Å². The van der Waals surface area contributed by atoms with Crippen LogP contribution in [0.5, 0.6) is 17.2 Å². The zero-order chi connectivity index (χ0) is 15.0. The molecule has 0 aliphatic heterocycles. The quantitative estimate of drug-likeness (QED) is 0.540. The zero-order valence-electron chi connectivity index (χ0n) is 11.9. The standard InChI is InChI=1S/C14H19NO5/c1-4-18-11-9-13(19-5-2)12(7-8-15(16)17)14(10-11)20-6-3/h7-10H,4-6H2,1-3H3. The summed E-state index contributed by atoms with van der Waals surface area (Å²) in [5.74, 6) is 1.61. The van der Waals surface area contributed by atoms with Crippen molar-refractivity contribution in [3.8, 4) is 17.2 Å². The molecule has 0 aliphatic rings. The van der Waals surface area contributed by atoms with Crippen LogP contribution in [0.4, 0.5) is 0 Å². The smallest absolute Gasteiger partial charge is 0.235 e. The number of hydrogen-bond acceptors (Lipinski definition) is 5. The first-order chi connectivity index (χ1) is 9.62. The van der Waals surface area contributed by atoms with Crippen molar-refractivity contribution in [2.24, 2.45) is 0 Å². The fourth-order valence-electron chi connectivity index (χ4n) is 1.68. The Labute approximate surface area is 118 Å². The van der Waals surface area contributed by atoms with Gasteiger partial charge in [0, 0.05) is 18.2 Å². The van der Waals surface area contributed by atoms with Crippen LogP contribution >= 0.6 is 0 Å². The molecule has 0 saturated heterocycles. The summed E-state index contributed by atoms with van der Waals surface area (Å²) in [4.78, 5) is 9.97. The highest BCUT2D eigenvalue weighted by molar-refractivity contribution is 5.66. The fourth-order valence-corrected chi connectivity index (χ4v) is 1.68. The molecule has 1 aromatic rings. The van der Waals surface area contributed by atoms with E-state index in [1.54, 1.807) is 12.1 Å². The van der Waals surface area contributed by atoms with Gasteiger partial charge in [0.05, 0.1) is 30.3 Å². The van der Waals surface area contributed by atoms with Crippen molar-refractivity contribution >= 4 is 6.08 Å². The minimum Gasteiger partial charge on any atom is -0.494 e. The molecule has 0 saturated carbocycles. The minimum atomic E-state index is -0.526. The molecule has 0 aliphatic carbocycles. The van der Waals surface area contributed by atoms with Crippen LogP contribution in [0.3, 0.4) is 0 Å². The van der Waals surface area contributed by atoms with Crippen molar-refractivity contribution in [2.45, 2.75) is 20.8 Å². The average Bonchev–Trinajstić information content (AvgIpc) is 2.38. The topological polar surface area (TPSA) is 70.8 Å². The molecule has 0 heterocycles. The van der Waals surface area contributed by atoms with Crippen LogP contribution in [-0.2, 0) is 0 Å². The van der Waals surface area contributed by atoms with Crippen molar-refractivity contribution in [3.05, 3.63) is 34.0 Å². The Morgan fingerprint density at radius 2 is 1.55 bits per heavy atom. The van der Waals surface area contributed by atoms with Gasteiger partial charge in [-0.25, -0.2) is 0 Å². The molecule has 0 aromatic heterocycles. The largest absolute Gasteiger partial charge is 0.494 e. The Morgan fingerprint density at radius 1 is 1.05 bits per heavy atom. The van der Waals surface area contributed by atoms with E-state index in [-0.39, 0.29) is 0 Å². The average molecular weight is 281 g/mol. The molecular weight excluding hydrogens is 262 g/mol. The summed E-state index contributed by atoms with van der Waals surface area (Å²) in [7, 11) is 0. The first-order valence-electron chi connectivity index (χ1n) is 6.50. The van der Waals surface area contributed by atoms with Crippen LogP contribution in [0.2, 0.25) is 0 Å². The maximum absolute atomic E-state index is 10.5. The zero-order valence-corrected chi connectivity index (χ0v) is 11.9. The van der Waals surface area contributed by atoms with Crippen LogP contribution in [0.15, 0.2) is 18.3 Å². The highest BCUT2D eigenvalue weighted by atomic mass is 16.6. The van der Waals surface area contributed by atoms with E-state index >= 15 is 0 Å². The summed E-state index contributed by atoms with van der Waals surface area (Å²) in [6, 6.07) is 3.41. The Morgan fingerprint density at radius 3 is 1.95 bits per heavy atom. The monoisotopic (exact) mass is 281 g/mol. The first kappa shape index (κ1) is 15.8. The second-order valence-corrected chi connectivity index (χ2v) is 3.73. The number of nitrogens with zero attached hydrogens (tertiary/aromatic N) is 1. The lowest BCUT2D eigenvalue weighted by atomic mass is 10.1. The fraction of sp³-hybridized carbons (Fsp3) is 0.429. The maximum atomic E-state index is 10.5. The van der Waals surface area contributed by atoms with Crippen LogP contribution in [-0.4, -0.2) is 24.7 Å². The van der Waals surface area contributed by atoms with E-state index in [4.69, 9.17) is 14.2 Å². The highest BCUT2D eigenvalue weighted by Gasteiger charge is 2.13. The number of rotatable bonds is 8. The van der Waals surface area contributed by atoms with Gasteiger partial charge in [-0.3, -0.25) is 10.1 Å². The van der Waals surface area contributed by atoms with Crippen molar-refractivity contribution in [1.29, 1.82) is 0 Å². The van der Waals surface area contributed by atoms with E-state index in [0.29, 0.717) is 42.6 Å². The van der Waals surface area contributed by atoms with Gasteiger partial charge in [-0.2, -0.15) is 0 Å². The summed E-state index contributed by atoms with van der Waals surface area (Å²) in [6.07, 6.45) is 2.23. The van der Waals surface area contributed by atoms with E-state index in [1.165, 1.54) is 6.08 Å². The van der Waals surface area contributed by atoms with Gasteiger partial charge in [-0.1, -0.05) is 0 Å². The van der Waals surface area contributed by atoms with Crippen molar-refractivity contribution in [1.82, 2.24) is 0 Å². The van der Waals surface area contributed by atoms with Crippen LogP contribution < -0.4 is 14.2 Å². The molecule has 0 N–H and O–H groups in total. The van der Waals surface area contributed by atoms with Gasteiger partial charge in [0.2, 0.25) is 6.20 Å². The lowest BCUT2D eigenvalue weighted by Crippen LogP contribution is -2.01. The van der Waals surface area contributed by atoms with Crippen molar-refractivity contribution in [2.75, 3.05) is 19.8 Å². The summed E-state index contributed by atoms with van der Waals surface area (Å²) >= 11 is 0. The summed E-state index contributed by atoms with van der Waals surface area (Å²) < 4.78 is 16.5. The highest BCUT2D eigenvalue weighted by Crippen LogP contribution is 2.35. The van der Waals surface area contributed by atoms with E-state index < -0.39 is 4.92 Å². The summed E-state index contributed by atoms with van der Waals surface area (Å²) in [5, 5.41) is 10.5. The van der Waals surface area contributed by atoms with E-state index in [0.717, 1.165) is 6.20 Å². The molecule has 1 rings (SSSR count). The van der Waals surface area contributed by atoms with Crippen molar-refractivity contribution in [3.63, 3.8) is 0 Å². The van der Waals surface area contributed by atoms with E-state index in [2.05, 4.69) is 0 Å². The summed E-state index contributed by atoms with van der Waals surface area (Å²) in [6.45, 7) is 6.97. The molecule has 0 amide bonds. The van der Waals surface area contributed by atoms with E-state index in [9.17, 15) is 10.1 Å². The van der Waals surface area contributed by atoms with Crippen LogP contribution in [0, 0.1) is 10.1 Å². The van der Waals surface area contributed by atoms with Crippen LogP contribution in [0.1, 0.15) is 26.3 Å². The number of benzene rings is 1. The normalized spacial score (nSPS) is 10.6. The minimum absolute atomic E-state index is 0.445. The third-order valence-electron chi connectivity index (χ3n) is 2.35. The molecule has 6 heteroatoms. The molecule has 110 valence electrons. The maximum Gasteiger partial charge on any atom is 0.235 e. The molecule has 0 spiro atoms. The molecule has 0 fully saturated rings. The van der Waals surface area contributed by atoms with Gasteiger partial charge < -0.3 is 14.2 Å². The molecule has 20 heavy (non-hydrogen) atoms. The molecule has 1 aromatic carbocycles. The molecule has 0 radical (unpaired) electrons. The summed E-state index contributed by atoms with van der Waals surface area (Å²) in [5.41, 5.74) is 0.536. The molecular formula is C14H19NO5. The molecule has 0 atom stereocenters. The number of hydrogen-bond donors (Lipinski definition) is 0. The van der Waals surface area contributed by atoms with Gasteiger partial charge in [-0.15, -0.1) is 0 Å². The Balaban J connectivity index is 3.29. The predicted molar refractivity (Wildman–Crippen MR) is 76.0 cm³/mol.